The van der Waals surface area contributed by atoms with E-state index in [0.29, 0.717) is 11.6 Å². The molecule has 0 atom stereocenters. The molecule has 1 heterocycles. The summed E-state index contributed by atoms with van der Waals surface area (Å²) in [6.07, 6.45) is -4.73. The molecular weight excluding hydrogens is 420 g/mol. The molecule has 134 valence electrons. The van der Waals surface area contributed by atoms with Crippen molar-refractivity contribution in [1.29, 1.82) is 0 Å². The van der Waals surface area contributed by atoms with Crippen molar-refractivity contribution < 1.29 is 27.1 Å². The van der Waals surface area contributed by atoms with Gasteiger partial charge in [-0.25, -0.2) is 9.18 Å². The van der Waals surface area contributed by atoms with Gasteiger partial charge < -0.3 is 9.52 Å². The molecule has 1 aromatic heterocycles. The number of hydrogen-bond acceptors (Lipinski definition) is 3. The molecule has 0 saturated heterocycles. The van der Waals surface area contributed by atoms with Gasteiger partial charge in [0.25, 0.3) is 0 Å². The van der Waals surface area contributed by atoms with Crippen molar-refractivity contribution in [2.45, 2.75) is 6.18 Å². The smallest absolute Gasteiger partial charge is 0.416 e. The van der Waals surface area contributed by atoms with Gasteiger partial charge in [-0.15, -0.1) is 0 Å². The second-order valence-corrected chi connectivity index (χ2v) is 6.11. The van der Waals surface area contributed by atoms with Gasteiger partial charge in [-0.05, 0) is 28.1 Å². The van der Waals surface area contributed by atoms with Crippen molar-refractivity contribution in [1.82, 2.24) is 0 Å². The van der Waals surface area contributed by atoms with Crippen LogP contribution in [0.3, 0.4) is 0 Å². The summed E-state index contributed by atoms with van der Waals surface area (Å²) in [5.74, 6) is -1.91. The Bertz CT molecular complexity index is 1030. The molecule has 0 aliphatic carbocycles. The minimum Gasteiger partial charge on any atom is -0.506 e. The van der Waals surface area contributed by atoms with Crippen molar-refractivity contribution in [2.24, 2.45) is 0 Å². The van der Waals surface area contributed by atoms with Crippen LogP contribution in [0.5, 0.6) is 5.75 Å². The zero-order valence-electron chi connectivity index (χ0n) is 12.8. The Kier molecular flexibility index (Phi) is 4.62. The predicted octanol–water partition coefficient (Wildman–Crippen LogP) is 5.60. The first kappa shape index (κ1) is 18.2. The van der Waals surface area contributed by atoms with E-state index in [1.54, 1.807) is 30.3 Å². The van der Waals surface area contributed by atoms with Crippen LogP contribution in [0, 0.1) is 5.82 Å². The van der Waals surface area contributed by atoms with E-state index >= 15 is 0 Å². The van der Waals surface area contributed by atoms with E-state index in [4.69, 9.17) is 4.42 Å². The predicted molar refractivity (Wildman–Crippen MR) is 90.2 cm³/mol. The molecule has 0 radical (unpaired) electrons. The maximum Gasteiger partial charge on any atom is 0.416 e. The standard InChI is InChI=1S/C18H9BrF4O3/c19-14-15(24)13(11-7-6-10(8-12(11)20)18(21,22)23)17(25)26-16(14)9-4-2-1-3-5-9/h1-8,24H. The summed E-state index contributed by atoms with van der Waals surface area (Å²) in [4.78, 5) is 12.3. The highest BCUT2D eigenvalue weighted by Crippen LogP contribution is 2.41. The fourth-order valence-corrected chi connectivity index (χ4v) is 2.92. The molecule has 0 bridgehead atoms. The lowest BCUT2D eigenvalue weighted by Crippen LogP contribution is -2.09. The van der Waals surface area contributed by atoms with Gasteiger partial charge in [0.2, 0.25) is 0 Å². The molecule has 0 amide bonds. The van der Waals surface area contributed by atoms with E-state index < -0.39 is 40.1 Å². The second-order valence-electron chi connectivity index (χ2n) is 5.31. The minimum atomic E-state index is -4.73. The highest BCUT2D eigenvalue weighted by atomic mass is 79.9. The number of aromatic hydroxyl groups is 1. The zero-order chi connectivity index (χ0) is 19.1. The van der Waals surface area contributed by atoms with Crippen molar-refractivity contribution in [3.63, 3.8) is 0 Å². The average molecular weight is 429 g/mol. The number of hydrogen-bond donors (Lipinski definition) is 1. The molecule has 3 rings (SSSR count). The van der Waals surface area contributed by atoms with Crippen LogP contribution < -0.4 is 5.63 Å². The molecule has 0 spiro atoms. The van der Waals surface area contributed by atoms with Gasteiger partial charge in [0.15, 0.2) is 5.76 Å². The van der Waals surface area contributed by atoms with Gasteiger partial charge in [-0.2, -0.15) is 13.2 Å². The van der Waals surface area contributed by atoms with Crippen molar-refractivity contribution in [2.75, 3.05) is 0 Å². The monoisotopic (exact) mass is 428 g/mol. The lowest BCUT2D eigenvalue weighted by Gasteiger charge is -2.12. The Hall–Kier alpha value is -2.61. The van der Waals surface area contributed by atoms with E-state index in [-0.39, 0.29) is 16.3 Å². The van der Waals surface area contributed by atoms with Gasteiger partial charge >= 0.3 is 11.8 Å². The van der Waals surface area contributed by atoms with Crippen LogP contribution in [-0.2, 0) is 6.18 Å². The largest absolute Gasteiger partial charge is 0.506 e. The van der Waals surface area contributed by atoms with Crippen molar-refractivity contribution in [3.05, 3.63) is 74.8 Å². The highest BCUT2D eigenvalue weighted by molar-refractivity contribution is 9.10. The van der Waals surface area contributed by atoms with Gasteiger partial charge in [-0.1, -0.05) is 36.4 Å². The van der Waals surface area contributed by atoms with Crippen LogP contribution in [-0.4, -0.2) is 5.11 Å². The fourth-order valence-electron chi connectivity index (χ4n) is 2.41. The number of alkyl halides is 3. The molecule has 0 fully saturated rings. The summed E-state index contributed by atoms with van der Waals surface area (Å²) in [6.45, 7) is 0. The first-order valence-corrected chi connectivity index (χ1v) is 7.97. The van der Waals surface area contributed by atoms with Crippen LogP contribution in [0.2, 0.25) is 0 Å². The van der Waals surface area contributed by atoms with Crippen LogP contribution in [0.1, 0.15) is 5.56 Å². The maximum atomic E-state index is 14.2. The summed E-state index contributed by atoms with van der Waals surface area (Å²) in [5.41, 5.74) is -2.87. The molecule has 3 aromatic rings. The Balaban J connectivity index is 2.19. The minimum absolute atomic E-state index is 0.0161. The lowest BCUT2D eigenvalue weighted by atomic mass is 10.0. The zero-order valence-corrected chi connectivity index (χ0v) is 14.4. The Morgan fingerprint density at radius 1 is 1.04 bits per heavy atom. The first-order valence-electron chi connectivity index (χ1n) is 7.18. The molecule has 3 nitrogen and oxygen atoms in total. The third-order valence-electron chi connectivity index (χ3n) is 3.64. The topological polar surface area (TPSA) is 50.4 Å². The quantitative estimate of drug-likeness (QED) is 0.540. The van der Waals surface area contributed by atoms with Gasteiger partial charge in [0.1, 0.15) is 21.6 Å². The molecule has 26 heavy (non-hydrogen) atoms. The van der Waals surface area contributed by atoms with Gasteiger partial charge in [0, 0.05) is 11.1 Å². The van der Waals surface area contributed by atoms with E-state index in [2.05, 4.69) is 15.9 Å². The highest BCUT2D eigenvalue weighted by Gasteiger charge is 2.32. The Morgan fingerprint density at radius 3 is 2.27 bits per heavy atom. The van der Waals surface area contributed by atoms with E-state index in [9.17, 15) is 27.5 Å². The molecular formula is C18H9BrF4O3. The van der Waals surface area contributed by atoms with Crippen LogP contribution >= 0.6 is 15.9 Å². The summed E-state index contributed by atoms with van der Waals surface area (Å²) in [5, 5.41) is 10.3. The first-order chi connectivity index (χ1) is 12.2. The van der Waals surface area contributed by atoms with E-state index in [0.717, 1.165) is 6.07 Å². The molecule has 2 aromatic carbocycles. The molecule has 0 aliphatic heterocycles. The van der Waals surface area contributed by atoms with Crippen LogP contribution in [0.15, 0.2) is 62.2 Å². The third kappa shape index (κ3) is 3.24. The molecule has 1 N–H and O–H groups in total. The van der Waals surface area contributed by atoms with Crippen molar-refractivity contribution in [3.8, 4) is 28.2 Å². The lowest BCUT2D eigenvalue weighted by molar-refractivity contribution is -0.137. The number of benzene rings is 2. The van der Waals surface area contributed by atoms with Gasteiger partial charge in [0.05, 0.1) is 5.56 Å². The van der Waals surface area contributed by atoms with E-state index in [1.807, 2.05) is 0 Å². The number of rotatable bonds is 2. The molecule has 0 saturated carbocycles. The molecule has 0 unspecified atom stereocenters. The Labute approximate surface area is 152 Å². The van der Waals surface area contributed by atoms with Gasteiger partial charge in [-0.3, -0.25) is 0 Å². The molecule has 0 aliphatic rings. The number of halogens is 5. The van der Waals surface area contributed by atoms with Crippen LogP contribution in [0.25, 0.3) is 22.5 Å². The average Bonchev–Trinajstić information content (AvgIpc) is 2.59. The SMILES string of the molecule is O=c1oc(-c2ccccc2)c(Br)c(O)c1-c1ccc(C(F)(F)F)cc1F. The summed E-state index contributed by atoms with van der Waals surface area (Å²) in [6, 6.07) is 10.0. The summed E-state index contributed by atoms with van der Waals surface area (Å²) >= 11 is 3.08. The Morgan fingerprint density at radius 2 is 1.69 bits per heavy atom. The molecule has 8 heteroatoms. The maximum absolute atomic E-state index is 14.2. The second kappa shape index (κ2) is 6.60. The van der Waals surface area contributed by atoms with Crippen LogP contribution in [0.4, 0.5) is 17.6 Å². The van der Waals surface area contributed by atoms with E-state index in [1.165, 1.54) is 0 Å². The summed E-state index contributed by atoms with van der Waals surface area (Å²) < 4.78 is 57.3. The third-order valence-corrected chi connectivity index (χ3v) is 4.38. The normalized spacial score (nSPS) is 11.6. The van der Waals surface area contributed by atoms with Crippen molar-refractivity contribution >= 4 is 15.9 Å². The fraction of sp³-hybridized carbons (Fsp3) is 0.0556. The summed E-state index contributed by atoms with van der Waals surface area (Å²) in [7, 11) is 0.